The maximum absolute atomic E-state index is 13.0. The molecule has 0 spiro atoms. The lowest BCUT2D eigenvalue weighted by molar-refractivity contribution is -0.140. The minimum Gasteiger partial charge on any atom is -0.492 e. The molecule has 7 heteroatoms. The summed E-state index contributed by atoms with van der Waals surface area (Å²) in [5, 5.41) is 0. The lowest BCUT2D eigenvalue weighted by Gasteiger charge is -2.33. The van der Waals surface area contributed by atoms with Crippen molar-refractivity contribution in [1.29, 1.82) is 0 Å². The fourth-order valence-electron chi connectivity index (χ4n) is 4.39. The first kappa shape index (κ1) is 22.0. The van der Waals surface area contributed by atoms with Crippen molar-refractivity contribution in [3.63, 3.8) is 0 Å². The summed E-state index contributed by atoms with van der Waals surface area (Å²) in [5.74, 6) is -0.578. The van der Waals surface area contributed by atoms with Gasteiger partial charge in [-0.25, -0.2) is 14.6 Å². The maximum atomic E-state index is 13.0. The van der Waals surface area contributed by atoms with Gasteiger partial charge in [0.05, 0.1) is 19.0 Å². The number of imide groups is 2. The molecular weight excluding hydrogens is 406 g/mol. The molecule has 2 saturated heterocycles. The number of nitrogens with zero attached hydrogens (tertiary/aromatic N) is 3. The molecule has 0 aliphatic carbocycles. The van der Waals surface area contributed by atoms with Gasteiger partial charge in [-0.3, -0.25) is 14.5 Å². The van der Waals surface area contributed by atoms with E-state index in [1.807, 2.05) is 13.0 Å². The molecule has 0 unspecified atom stereocenters. The highest BCUT2D eigenvalue weighted by atomic mass is 16.5. The molecule has 2 fully saturated rings. The maximum Gasteiger partial charge on any atom is 0.340 e. The number of para-hydroxylation sites is 2. The van der Waals surface area contributed by atoms with Crippen molar-refractivity contribution in [1.82, 2.24) is 9.80 Å². The molecule has 0 saturated carbocycles. The van der Waals surface area contributed by atoms with Crippen LogP contribution in [0, 0.1) is 5.92 Å². The third kappa shape index (κ3) is 4.67. The van der Waals surface area contributed by atoms with Crippen LogP contribution in [0.1, 0.15) is 31.7 Å². The number of anilines is 1. The molecule has 0 atom stereocenters. The van der Waals surface area contributed by atoms with Gasteiger partial charge in [0.1, 0.15) is 5.75 Å². The van der Waals surface area contributed by atoms with Crippen molar-refractivity contribution in [3.05, 3.63) is 60.2 Å². The second kappa shape index (κ2) is 9.96. The summed E-state index contributed by atoms with van der Waals surface area (Å²) in [7, 11) is 0. The Morgan fingerprint density at radius 1 is 0.906 bits per heavy atom. The molecule has 168 valence electrons. The van der Waals surface area contributed by atoms with E-state index in [4.69, 9.17) is 4.74 Å². The zero-order valence-corrected chi connectivity index (χ0v) is 18.4. The van der Waals surface area contributed by atoms with Crippen LogP contribution >= 0.6 is 0 Å². The first-order chi connectivity index (χ1) is 15.6. The van der Waals surface area contributed by atoms with Gasteiger partial charge >= 0.3 is 17.8 Å². The summed E-state index contributed by atoms with van der Waals surface area (Å²) >= 11 is 0. The highest BCUT2D eigenvalue weighted by Gasteiger charge is 2.47. The van der Waals surface area contributed by atoms with E-state index in [0.29, 0.717) is 24.0 Å². The first-order valence-electron chi connectivity index (χ1n) is 11.3. The van der Waals surface area contributed by atoms with Gasteiger partial charge in [0.2, 0.25) is 0 Å². The highest BCUT2D eigenvalue weighted by molar-refractivity contribution is 6.53. The monoisotopic (exact) mass is 435 g/mol. The minimum atomic E-state index is -0.833. The first-order valence-corrected chi connectivity index (χ1v) is 11.3. The highest BCUT2D eigenvalue weighted by Crippen LogP contribution is 2.32. The molecule has 2 aromatic rings. The number of hydrogen-bond acceptors (Lipinski definition) is 5. The largest absolute Gasteiger partial charge is 0.492 e. The number of likely N-dealkylation sites (tertiary alicyclic amines) is 1. The molecule has 2 aliphatic heterocycles. The van der Waals surface area contributed by atoms with Gasteiger partial charge in [-0.2, -0.15) is 0 Å². The standard InChI is InChI=1S/C25H29N3O4/c1-2-32-22-11-7-6-10-21(22)28-24(30)23(29)27(25(28)31)18-26-16-14-20(15-17-26)13-12-19-8-4-3-5-9-19/h3-11,20H,2,12-18H2,1H3. The zero-order valence-electron chi connectivity index (χ0n) is 18.4. The van der Waals surface area contributed by atoms with Gasteiger partial charge < -0.3 is 4.74 Å². The van der Waals surface area contributed by atoms with Crippen molar-refractivity contribution in [2.75, 3.05) is 31.3 Å². The smallest absolute Gasteiger partial charge is 0.340 e. The number of hydrogen-bond donors (Lipinski definition) is 0. The molecule has 0 N–H and O–H groups in total. The normalized spacial score (nSPS) is 18.0. The topological polar surface area (TPSA) is 70.2 Å². The van der Waals surface area contributed by atoms with Crippen LogP contribution in [0.3, 0.4) is 0 Å². The van der Waals surface area contributed by atoms with Crippen LogP contribution in [0.25, 0.3) is 0 Å². The summed E-state index contributed by atoms with van der Waals surface area (Å²) < 4.78 is 5.55. The van der Waals surface area contributed by atoms with Gasteiger partial charge in [0.25, 0.3) is 0 Å². The quantitative estimate of drug-likeness (QED) is 0.467. The number of amides is 4. The van der Waals surface area contributed by atoms with Crippen LogP contribution in [0.5, 0.6) is 5.75 Å². The minimum absolute atomic E-state index is 0.141. The van der Waals surface area contributed by atoms with Crippen LogP contribution in [0.4, 0.5) is 10.5 Å². The molecule has 2 aliphatic rings. The van der Waals surface area contributed by atoms with E-state index in [9.17, 15) is 14.4 Å². The lowest BCUT2D eigenvalue weighted by atomic mass is 9.91. The van der Waals surface area contributed by atoms with Crippen molar-refractivity contribution < 1.29 is 19.1 Å². The summed E-state index contributed by atoms with van der Waals surface area (Å²) in [4.78, 5) is 42.3. The number of carbonyl (C=O) groups excluding carboxylic acids is 3. The number of aryl methyl sites for hydroxylation is 1. The molecule has 32 heavy (non-hydrogen) atoms. The van der Waals surface area contributed by atoms with Crippen molar-refractivity contribution in [3.8, 4) is 5.75 Å². The summed E-state index contributed by atoms with van der Waals surface area (Å²) in [6.07, 6.45) is 4.25. The van der Waals surface area contributed by atoms with E-state index in [0.717, 1.165) is 48.6 Å². The van der Waals surface area contributed by atoms with Crippen molar-refractivity contribution in [2.24, 2.45) is 5.92 Å². The molecular formula is C25H29N3O4. The molecule has 0 radical (unpaired) electrons. The lowest BCUT2D eigenvalue weighted by Crippen LogP contribution is -2.45. The Labute approximate surface area is 188 Å². The van der Waals surface area contributed by atoms with Gasteiger partial charge in [-0.05, 0) is 56.2 Å². The van der Waals surface area contributed by atoms with Crippen LogP contribution < -0.4 is 9.64 Å². The third-order valence-electron chi connectivity index (χ3n) is 6.19. The molecule has 2 aromatic carbocycles. The molecule has 0 aromatic heterocycles. The number of piperidine rings is 1. The zero-order chi connectivity index (χ0) is 22.5. The molecule has 7 nitrogen and oxygen atoms in total. The van der Waals surface area contributed by atoms with Gasteiger partial charge in [-0.1, -0.05) is 42.5 Å². The Balaban J connectivity index is 1.34. The van der Waals surface area contributed by atoms with E-state index in [1.165, 1.54) is 5.56 Å². The number of carbonyl (C=O) groups is 3. The molecule has 2 heterocycles. The summed E-state index contributed by atoms with van der Waals surface area (Å²) in [6.45, 7) is 3.97. The van der Waals surface area contributed by atoms with Crippen LogP contribution in [0.2, 0.25) is 0 Å². The van der Waals surface area contributed by atoms with E-state index in [-0.39, 0.29) is 6.67 Å². The van der Waals surface area contributed by atoms with Gasteiger partial charge in [-0.15, -0.1) is 0 Å². The predicted octanol–water partition coefficient (Wildman–Crippen LogP) is 3.68. The van der Waals surface area contributed by atoms with Gasteiger partial charge in [0.15, 0.2) is 0 Å². The van der Waals surface area contributed by atoms with E-state index in [2.05, 4.69) is 29.2 Å². The van der Waals surface area contributed by atoms with E-state index < -0.39 is 17.8 Å². The number of benzene rings is 2. The average molecular weight is 436 g/mol. The fraction of sp³-hybridized carbons (Fsp3) is 0.400. The SMILES string of the molecule is CCOc1ccccc1N1C(=O)C(=O)N(CN2CCC(CCc3ccccc3)CC2)C1=O. The molecule has 4 rings (SSSR count). The summed E-state index contributed by atoms with van der Waals surface area (Å²) in [6, 6.07) is 16.7. The van der Waals surface area contributed by atoms with E-state index in [1.54, 1.807) is 24.3 Å². The van der Waals surface area contributed by atoms with Crippen LogP contribution in [-0.2, 0) is 16.0 Å². The second-order valence-electron chi connectivity index (χ2n) is 8.28. The Kier molecular flexibility index (Phi) is 6.85. The number of rotatable bonds is 8. The van der Waals surface area contributed by atoms with Crippen molar-refractivity contribution >= 4 is 23.5 Å². The Morgan fingerprint density at radius 2 is 1.59 bits per heavy atom. The average Bonchev–Trinajstić information content (AvgIpc) is 3.03. The fourth-order valence-corrected chi connectivity index (χ4v) is 4.39. The Bertz CT molecular complexity index is 970. The number of urea groups is 1. The van der Waals surface area contributed by atoms with Crippen molar-refractivity contribution in [2.45, 2.75) is 32.6 Å². The van der Waals surface area contributed by atoms with E-state index >= 15 is 0 Å². The van der Waals surface area contributed by atoms with Crippen LogP contribution in [-0.4, -0.2) is 54.0 Å². The van der Waals surface area contributed by atoms with Crippen LogP contribution in [0.15, 0.2) is 54.6 Å². The number of ether oxygens (including phenoxy) is 1. The third-order valence-corrected chi connectivity index (χ3v) is 6.19. The Morgan fingerprint density at radius 3 is 2.31 bits per heavy atom. The Hall–Kier alpha value is -3.19. The predicted molar refractivity (Wildman–Crippen MR) is 121 cm³/mol. The summed E-state index contributed by atoms with van der Waals surface area (Å²) in [5.41, 5.74) is 1.66. The second-order valence-corrected chi connectivity index (χ2v) is 8.28. The molecule has 4 amide bonds. The van der Waals surface area contributed by atoms with Gasteiger partial charge in [0, 0.05) is 13.1 Å². The molecule has 0 bridgehead atoms.